The van der Waals surface area contributed by atoms with Crippen molar-refractivity contribution >= 4 is 11.9 Å². The van der Waals surface area contributed by atoms with E-state index in [4.69, 9.17) is 0 Å². The molecule has 0 radical (unpaired) electrons. The van der Waals surface area contributed by atoms with Crippen LogP contribution in [0, 0.1) is 11.3 Å². The first-order valence-electron chi connectivity index (χ1n) is 7.21. The lowest BCUT2D eigenvalue weighted by Crippen LogP contribution is -2.55. The van der Waals surface area contributed by atoms with E-state index in [2.05, 4.69) is 10.6 Å². The zero-order chi connectivity index (χ0) is 14.5. The average Bonchev–Trinajstić information content (AvgIpc) is 2.43. The van der Waals surface area contributed by atoms with Crippen molar-refractivity contribution in [3.8, 4) is 0 Å². The molecule has 1 heterocycles. The molecule has 5 nitrogen and oxygen atoms in total. The van der Waals surface area contributed by atoms with Crippen molar-refractivity contribution in [3.05, 3.63) is 0 Å². The number of carbonyl (C=O) groups excluding carboxylic acids is 1. The van der Waals surface area contributed by atoms with Gasteiger partial charge in [-0.2, -0.15) is 0 Å². The number of piperidine rings is 1. The van der Waals surface area contributed by atoms with Gasteiger partial charge in [-0.15, -0.1) is 0 Å². The normalized spacial score (nSPS) is 26.5. The summed E-state index contributed by atoms with van der Waals surface area (Å²) in [5, 5.41) is 15.2. The van der Waals surface area contributed by atoms with Gasteiger partial charge in [0.05, 0.1) is 5.41 Å². The molecule has 1 aliphatic rings. The summed E-state index contributed by atoms with van der Waals surface area (Å²) in [7, 11) is 0. The molecule has 1 aliphatic heterocycles. The lowest BCUT2D eigenvalue weighted by atomic mass is 9.77. The molecule has 0 aromatic heterocycles. The van der Waals surface area contributed by atoms with E-state index < -0.39 is 17.4 Å². The SMILES string of the molecule is CCC(C)[C@H](NC(=O)C1(CC)CCCNC1)C(=O)O. The summed E-state index contributed by atoms with van der Waals surface area (Å²) in [5.74, 6) is -1.13. The third-order valence-corrected chi connectivity index (χ3v) is 4.40. The summed E-state index contributed by atoms with van der Waals surface area (Å²) in [6, 6.07) is -0.789. The molecule has 1 rings (SSSR count). The smallest absolute Gasteiger partial charge is 0.326 e. The zero-order valence-electron chi connectivity index (χ0n) is 12.2. The molecule has 0 saturated carbocycles. The molecule has 2 unspecified atom stereocenters. The van der Waals surface area contributed by atoms with Crippen LogP contribution in [0.25, 0.3) is 0 Å². The van der Waals surface area contributed by atoms with Gasteiger partial charge in [-0.3, -0.25) is 4.79 Å². The van der Waals surface area contributed by atoms with Crippen LogP contribution in [0.1, 0.15) is 46.5 Å². The van der Waals surface area contributed by atoms with Crippen molar-refractivity contribution < 1.29 is 14.7 Å². The Morgan fingerprint density at radius 3 is 2.53 bits per heavy atom. The minimum atomic E-state index is -0.947. The average molecular weight is 270 g/mol. The van der Waals surface area contributed by atoms with Crippen LogP contribution in [0.4, 0.5) is 0 Å². The molecule has 0 aromatic carbocycles. The van der Waals surface area contributed by atoms with Gasteiger partial charge in [0.15, 0.2) is 0 Å². The fourth-order valence-electron chi connectivity index (χ4n) is 2.60. The Morgan fingerprint density at radius 1 is 1.42 bits per heavy atom. The standard InChI is InChI=1S/C14H26N2O3/c1-4-10(3)11(12(17)18)16-13(19)14(5-2)7-6-8-15-9-14/h10-11,15H,4-9H2,1-3H3,(H,16,19)(H,17,18)/t10?,11-,14?/m0/s1. The van der Waals surface area contributed by atoms with E-state index in [9.17, 15) is 14.7 Å². The first-order valence-corrected chi connectivity index (χ1v) is 7.21. The summed E-state index contributed by atoms with van der Waals surface area (Å²) in [5.41, 5.74) is -0.445. The lowest BCUT2D eigenvalue weighted by Gasteiger charge is -2.36. The summed E-state index contributed by atoms with van der Waals surface area (Å²) in [6.45, 7) is 7.36. The molecule has 0 bridgehead atoms. The highest BCUT2D eigenvalue weighted by molar-refractivity contribution is 5.87. The zero-order valence-corrected chi connectivity index (χ0v) is 12.2. The molecule has 3 N–H and O–H groups in total. The van der Waals surface area contributed by atoms with E-state index in [1.165, 1.54) is 0 Å². The monoisotopic (exact) mass is 270 g/mol. The molecular weight excluding hydrogens is 244 g/mol. The van der Waals surface area contributed by atoms with Crippen LogP contribution in [0.2, 0.25) is 0 Å². The molecule has 1 fully saturated rings. The van der Waals surface area contributed by atoms with Gasteiger partial charge in [-0.1, -0.05) is 27.2 Å². The van der Waals surface area contributed by atoms with Crippen LogP contribution in [-0.2, 0) is 9.59 Å². The van der Waals surface area contributed by atoms with E-state index in [-0.39, 0.29) is 11.8 Å². The van der Waals surface area contributed by atoms with Gasteiger partial charge in [-0.05, 0) is 31.7 Å². The van der Waals surface area contributed by atoms with E-state index in [1.807, 2.05) is 20.8 Å². The second-order valence-corrected chi connectivity index (χ2v) is 5.59. The van der Waals surface area contributed by atoms with Gasteiger partial charge in [-0.25, -0.2) is 4.79 Å². The molecule has 0 aliphatic carbocycles. The summed E-state index contributed by atoms with van der Waals surface area (Å²) >= 11 is 0. The van der Waals surface area contributed by atoms with Gasteiger partial charge in [0.1, 0.15) is 6.04 Å². The number of aliphatic carboxylic acids is 1. The van der Waals surface area contributed by atoms with Crippen molar-refractivity contribution in [1.82, 2.24) is 10.6 Å². The Morgan fingerprint density at radius 2 is 2.11 bits per heavy atom. The molecule has 3 atom stereocenters. The number of carboxylic acid groups (broad SMARTS) is 1. The second kappa shape index (κ2) is 6.89. The Kier molecular flexibility index (Phi) is 5.79. The molecule has 0 aromatic rings. The Hall–Kier alpha value is -1.10. The Bertz CT molecular complexity index is 325. The van der Waals surface area contributed by atoms with Gasteiger partial charge in [0, 0.05) is 6.54 Å². The van der Waals surface area contributed by atoms with Crippen LogP contribution in [0.5, 0.6) is 0 Å². The fraction of sp³-hybridized carbons (Fsp3) is 0.857. The predicted octanol–water partition coefficient (Wildman–Crippen LogP) is 1.38. The maximum Gasteiger partial charge on any atom is 0.326 e. The number of rotatable bonds is 6. The van der Waals surface area contributed by atoms with E-state index in [0.29, 0.717) is 6.54 Å². The van der Waals surface area contributed by atoms with Crippen molar-refractivity contribution in [2.24, 2.45) is 11.3 Å². The number of carboxylic acids is 1. The lowest BCUT2D eigenvalue weighted by molar-refractivity contribution is -0.146. The van der Waals surface area contributed by atoms with E-state index >= 15 is 0 Å². The van der Waals surface area contributed by atoms with Crippen LogP contribution >= 0.6 is 0 Å². The molecule has 19 heavy (non-hydrogen) atoms. The fourth-order valence-corrected chi connectivity index (χ4v) is 2.60. The number of carbonyl (C=O) groups is 2. The predicted molar refractivity (Wildman–Crippen MR) is 73.8 cm³/mol. The van der Waals surface area contributed by atoms with Gasteiger partial charge in [0.2, 0.25) is 5.91 Å². The number of hydrogen-bond donors (Lipinski definition) is 3. The highest BCUT2D eigenvalue weighted by Crippen LogP contribution is 2.30. The summed E-state index contributed by atoms with van der Waals surface area (Å²) < 4.78 is 0. The Balaban J connectivity index is 2.77. The van der Waals surface area contributed by atoms with E-state index in [1.54, 1.807) is 0 Å². The van der Waals surface area contributed by atoms with Crippen molar-refractivity contribution in [2.45, 2.75) is 52.5 Å². The molecule has 5 heteroatoms. The Labute approximate surface area is 115 Å². The highest BCUT2D eigenvalue weighted by Gasteiger charge is 2.40. The quantitative estimate of drug-likeness (QED) is 0.681. The topological polar surface area (TPSA) is 78.4 Å². The van der Waals surface area contributed by atoms with Gasteiger partial charge in [0.25, 0.3) is 0 Å². The molecule has 1 amide bonds. The maximum absolute atomic E-state index is 12.5. The first kappa shape index (κ1) is 16.0. The highest BCUT2D eigenvalue weighted by atomic mass is 16.4. The third-order valence-electron chi connectivity index (χ3n) is 4.40. The van der Waals surface area contributed by atoms with Gasteiger partial charge >= 0.3 is 5.97 Å². The van der Waals surface area contributed by atoms with Crippen molar-refractivity contribution in [1.29, 1.82) is 0 Å². The largest absolute Gasteiger partial charge is 0.480 e. The molecule has 1 saturated heterocycles. The van der Waals surface area contributed by atoms with E-state index in [0.717, 1.165) is 32.2 Å². The van der Waals surface area contributed by atoms with Crippen LogP contribution in [-0.4, -0.2) is 36.1 Å². The van der Waals surface area contributed by atoms with Crippen LogP contribution < -0.4 is 10.6 Å². The third kappa shape index (κ3) is 3.69. The maximum atomic E-state index is 12.5. The molecule has 110 valence electrons. The number of amides is 1. The molecular formula is C14H26N2O3. The minimum Gasteiger partial charge on any atom is -0.480 e. The molecule has 0 spiro atoms. The second-order valence-electron chi connectivity index (χ2n) is 5.59. The summed E-state index contributed by atoms with van der Waals surface area (Å²) in [4.78, 5) is 23.8. The van der Waals surface area contributed by atoms with Crippen LogP contribution in [0.3, 0.4) is 0 Å². The van der Waals surface area contributed by atoms with Gasteiger partial charge < -0.3 is 15.7 Å². The number of hydrogen-bond acceptors (Lipinski definition) is 3. The first-order chi connectivity index (χ1) is 8.96. The van der Waals surface area contributed by atoms with Crippen LogP contribution in [0.15, 0.2) is 0 Å². The summed E-state index contributed by atoms with van der Waals surface area (Å²) in [6.07, 6.45) is 3.25. The van der Waals surface area contributed by atoms with Crippen molar-refractivity contribution in [3.63, 3.8) is 0 Å². The van der Waals surface area contributed by atoms with Crippen molar-refractivity contribution in [2.75, 3.05) is 13.1 Å². The number of nitrogens with one attached hydrogen (secondary N) is 2. The minimum absolute atomic E-state index is 0.0631.